The minimum absolute atomic E-state index is 0.00333. The zero-order valence-corrected chi connectivity index (χ0v) is 9.53. The predicted molar refractivity (Wildman–Crippen MR) is 58.7 cm³/mol. The molecule has 17 heavy (non-hydrogen) atoms. The van der Waals surface area contributed by atoms with E-state index in [1.165, 1.54) is 18.2 Å². The Labute approximate surface area is 98.5 Å². The van der Waals surface area contributed by atoms with Gasteiger partial charge in [-0.2, -0.15) is 0 Å². The van der Waals surface area contributed by atoms with Crippen molar-refractivity contribution in [3.05, 3.63) is 29.6 Å². The molecule has 1 saturated heterocycles. The van der Waals surface area contributed by atoms with Crippen molar-refractivity contribution in [3.63, 3.8) is 0 Å². The summed E-state index contributed by atoms with van der Waals surface area (Å²) in [4.78, 5) is 12.0. The number of carbonyl (C=O) groups excluding carboxylic acids is 1. The van der Waals surface area contributed by atoms with Crippen LogP contribution in [0.2, 0.25) is 0 Å². The number of halogens is 1. The third-order valence-electron chi connectivity index (χ3n) is 3.65. The molecule has 0 aliphatic carbocycles. The number of ether oxygens (including phenoxy) is 2. The first-order valence-electron chi connectivity index (χ1n) is 5.74. The van der Waals surface area contributed by atoms with Crippen molar-refractivity contribution in [1.29, 1.82) is 0 Å². The molecular formula is C13H13FO3. The van der Waals surface area contributed by atoms with E-state index in [0.717, 1.165) is 0 Å². The molecule has 2 atom stereocenters. The number of ketones is 1. The SMILES string of the molecule is CC1OCCC12CC(=O)c1ccc(F)cc1O2. The molecule has 3 rings (SSSR count). The summed E-state index contributed by atoms with van der Waals surface area (Å²) in [5.74, 6) is -0.0395. The number of rotatable bonds is 0. The fraction of sp³-hybridized carbons (Fsp3) is 0.462. The Morgan fingerprint density at radius 2 is 2.29 bits per heavy atom. The monoisotopic (exact) mass is 236 g/mol. The van der Waals surface area contributed by atoms with E-state index >= 15 is 0 Å². The summed E-state index contributed by atoms with van der Waals surface area (Å²) in [5.41, 5.74) is -0.131. The van der Waals surface area contributed by atoms with Gasteiger partial charge in [0.15, 0.2) is 5.78 Å². The summed E-state index contributed by atoms with van der Waals surface area (Å²) in [6, 6.07) is 4.05. The average Bonchev–Trinajstić information content (AvgIpc) is 2.59. The molecule has 2 aliphatic rings. The fourth-order valence-corrected chi connectivity index (χ4v) is 2.56. The van der Waals surface area contributed by atoms with E-state index < -0.39 is 5.60 Å². The molecule has 2 heterocycles. The van der Waals surface area contributed by atoms with Crippen molar-refractivity contribution in [1.82, 2.24) is 0 Å². The summed E-state index contributed by atoms with van der Waals surface area (Å²) in [6.45, 7) is 2.48. The minimum atomic E-state index is -0.599. The van der Waals surface area contributed by atoms with Crippen LogP contribution in [0.25, 0.3) is 0 Å². The van der Waals surface area contributed by atoms with Crippen LogP contribution in [0.4, 0.5) is 4.39 Å². The molecule has 1 fully saturated rings. The van der Waals surface area contributed by atoms with E-state index in [1.807, 2.05) is 6.92 Å². The summed E-state index contributed by atoms with van der Waals surface area (Å²) in [6.07, 6.45) is 0.853. The molecule has 3 nitrogen and oxygen atoms in total. The van der Waals surface area contributed by atoms with Gasteiger partial charge in [0.05, 0.1) is 24.7 Å². The van der Waals surface area contributed by atoms with Gasteiger partial charge in [0.25, 0.3) is 0 Å². The molecule has 0 aromatic heterocycles. The maximum atomic E-state index is 13.2. The molecule has 0 N–H and O–H groups in total. The molecule has 0 saturated carbocycles. The molecule has 0 amide bonds. The van der Waals surface area contributed by atoms with Crippen LogP contribution in [-0.4, -0.2) is 24.1 Å². The van der Waals surface area contributed by atoms with E-state index in [4.69, 9.17) is 9.47 Å². The molecule has 2 aliphatic heterocycles. The van der Waals surface area contributed by atoms with Crippen molar-refractivity contribution in [2.75, 3.05) is 6.61 Å². The standard InChI is InChI=1S/C13H13FO3/c1-8-13(4-5-16-8)7-11(15)10-3-2-9(14)6-12(10)17-13/h2-3,6,8H,4-5,7H2,1H3. The second-order valence-corrected chi connectivity index (χ2v) is 4.67. The third-order valence-corrected chi connectivity index (χ3v) is 3.65. The van der Waals surface area contributed by atoms with Gasteiger partial charge in [-0.3, -0.25) is 4.79 Å². The molecule has 1 aromatic rings. The van der Waals surface area contributed by atoms with Crippen LogP contribution in [0.1, 0.15) is 30.1 Å². The van der Waals surface area contributed by atoms with Crippen molar-refractivity contribution < 1.29 is 18.7 Å². The van der Waals surface area contributed by atoms with Gasteiger partial charge in [0.1, 0.15) is 17.2 Å². The first-order valence-corrected chi connectivity index (χ1v) is 5.74. The van der Waals surface area contributed by atoms with Gasteiger partial charge >= 0.3 is 0 Å². The van der Waals surface area contributed by atoms with Gasteiger partial charge in [-0.15, -0.1) is 0 Å². The first-order chi connectivity index (χ1) is 8.11. The highest BCUT2D eigenvalue weighted by Gasteiger charge is 2.48. The van der Waals surface area contributed by atoms with E-state index in [-0.39, 0.29) is 17.7 Å². The van der Waals surface area contributed by atoms with Crippen molar-refractivity contribution in [3.8, 4) is 5.75 Å². The molecule has 0 bridgehead atoms. The first kappa shape index (κ1) is 10.7. The molecule has 0 radical (unpaired) electrons. The van der Waals surface area contributed by atoms with Crippen molar-refractivity contribution in [2.24, 2.45) is 0 Å². The van der Waals surface area contributed by atoms with Crippen LogP contribution in [0, 0.1) is 5.82 Å². The van der Waals surface area contributed by atoms with Gasteiger partial charge in [-0.1, -0.05) is 0 Å². The Morgan fingerprint density at radius 1 is 1.47 bits per heavy atom. The zero-order chi connectivity index (χ0) is 12.0. The van der Waals surface area contributed by atoms with Gasteiger partial charge in [0.2, 0.25) is 0 Å². The highest BCUT2D eigenvalue weighted by atomic mass is 19.1. The molecular weight excluding hydrogens is 223 g/mol. The largest absolute Gasteiger partial charge is 0.483 e. The van der Waals surface area contributed by atoms with Crippen LogP contribution in [-0.2, 0) is 4.74 Å². The lowest BCUT2D eigenvalue weighted by atomic mass is 9.85. The number of fused-ring (bicyclic) bond motifs is 1. The molecule has 2 unspecified atom stereocenters. The summed E-state index contributed by atoms with van der Waals surface area (Å²) < 4.78 is 24.5. The molecule has 1 spiro atoms. The van der Waals surface area contributed by atoms with Gasteiger partial charge < -0.3 is 9.47 Å². The number of hydrogen-bond donors (Lipinski definition) is 0. The van der Waals surface area contributed by atoms with Gasteiger partial charge in [-0.25, -0.2) is 4.39 Å². The molecule has 1 aromatic carbocycles. The highest BCUT2D eigenvalue weighted by molar-refractivity contribution is 6.00. The summed E-state index contributed by atoms with van der Waals surface area (Å²) in [7, 11) is 0. The lowest BCUT2D eigenvalue weighted by molar-refractivity contribution is -0.0161. The Hall–Kier alpha value is -1.42. The van der Waals surface area contributed by atoms with Crippen LogP contribution in [0.3, 0.4) is 0 Å². The number of hydrogen-bond acceptors (Lipinski definition) is 3. The van der Waals surface area contributed by atoms with Crippen LogP contribution >= 0.6 is 0 Å². The number of benzene rings is 1. The molecule has 4 heteroatoms. The molecule has 90 valence electrons. The summed E-state index contributed by atoms with van der Waals surface area (Å²) in [5, 5.41) is 0. The second-order valence-electron chi connectivity index (χ2n) is 4.67. The lowest BCUT2D eigenvalue weighted by Gasteiger charge is -2.36. The lowest BCUT2D eigenvalue weighted by Crippen LogP contribution is -2.47. The van der Waals surface area contributed by atoms with Gasteiger partial charge in [-0.05, 0) is 19.1 Å². The Balaban J connectivity index is 2.05. The quantitative estimate of drug-likeness (QED) is 0.693. The Kier molecular flexibility index (Phi) is 2.23. The average molecular weight is 236 g/mol. The number of carbonyl (C=O) groups is 1. The Bertz CT molecular complexity index is 486. The third kappa shape index (κ3) is 1.55. The van der Waals surface area contributed by atoms with E-state index in [2.05, 4.69) is 0 Å². The maximum absolute atomic E-state index is 13.2. The van der Waals surface area contributed by atoms with E-state index in [9.17, 15) is 9.18 Å². The van der Waals surface area contributed by atoms with Crippen LogP contribution in [0.15, 0.2) is 18.2 Å². The smallest absolute Gasteiger partial charge is 0.170 e. The van der Waals surface area contributed by atoms with E-state index in [1.54, 1.807) is 0 Å². The second kappa shape index (κ2) is 3.53. The normalized spacial score (nSPS) is 31.4. The van der Waals surface area contributed by atoms with Crippen molar-refractivity contribution >= 4 is 5.78 Å². The van der Waals surface area contributed by atoms with Crippen molar-refractivity contribution in [2.45, 2.75) is 31.5 Å². The predicted octanol–water partition coefficient (Wildman–Crippen LogP) is 2.34. The van der Waals surface area contributed by atoms with E-state index in [0.29, 0.717) is 30.8 Å². The summed E-state index contributed by atoms with van der Waals surface area (Å²) >= 11 is 0. The zero-order valence-electron chi connectivity index (χ0n) is 9.53. The van der Waals surface area contributed by atoms with Gasteiger partial charge in [0, 0.05) is 12.5 Å². The Morgan fingerprint density at radius 3 is 3.00 bits per heavy atom. The number of Topliss-reactive ketones (excluding diaryl/α,β-unsaturated/α-hetero) is 1. The highest BCUT2D eigenvalue weighted by Crippen LogP contribution is 2.41. The van der Waals surface area contributed by atoms with Crippen LogP contribution in [0.5, 0.6) is 5.75 Å². The fourth-order valence-electron chi connectivity index (χ4n) is 2.56. The minimum Gasteiger partial charge on any atom is -0.483 e. The maximum Gasteiger partial charge on any atom is 0.170 e. The topological polar surface area (TPSA) is 35.5 Å². The van der Waals surface area contributed by atoms with Crippen LogP contribution < -0.4 is 4.74 Å².